The van der Waals surface area contributed by atoms with Crippen molar-refractivity contribution in [3.8, 4) is 0 Å². The first-order valence-electron chi connectivity index (χ1n) is 11.4. The van der Waals surface area contributed by atoms with Gasteiger partial charge in [-0.05, 0) is 38.0 Å². The van der Waals surface area contributed by atoms with E-state index < -0.39 is 0 Å². The summed E-state index contributed by atoms with van der Waals surface area (Å²) in [6.45, 7) is 6.00. The van der Waals surface area contributed by atoms with E-state index >= 15 is 0 Å². The van der Waals surface area contributed by atoms with Crippen molar-refractivity contribution in [2.24, 2.45) is 0 Å². The number of β-amino-alcohol motifs (C(OH)–C–C–N with tert-alkyl or cyclic N) is 1. The highest BCUT2D eigenvalue weighted by Crippen LogP contribution is 2.32. The number of aromatic nitrogens is 4. The van der Waals surface area contributed by atoms with Crippen molar-refractivity contribution in [3.63, 3.8) is 0 Å². The monoisotopic (exact) mass is 421 g/mol. The van der Waals surface area contributed by atoms with Gasteiger partial charge < -0.3 is 19.9 Å². The smallest absolute Gasteiger partial charge is 0.230 e. The number of piperazine rings is 1. The van der Waals surface area contributed by atoms with Crippen molar-refractivity contribution < 1.29 is 5.11 Å². The number of hydrogen-bond acceptors (Lipinski definition) is 7. The maximum Gasteiger partial charge on any atom is 0.230 e. The van der Waals surface area contributed by atoms with Crippen LogP contribution in [-0.4, -0.2) is 68.4 Å². The first kappa shape index (κ1) is 20.2. The van der Waals surface area contributed by atoms with Crippen molar-refractivity contribution in [1.29, 1.82) is 0 Å². The van der Waals surface area contributed by atoms with Crippen LogP contribution in [0.5, 0.6) is 0 Å². The minimum atomic E-state index is 0.214. The Kier molecular flexibility index (Phi) is 5.74. The normalized spacial score (nSPS) is 20.6. The van der Waals surface area contributed by atoms with Gasteiger partial charge in [-0.3, -0.25) is 4.90 Å². The van der Waals surface area contributed by atoms with Crippen molar-refractivity contribution in [2.75, 3.05) is 43.0 Å². The average molecular weight is 422 g/mol. The molecule has 0 amide bonds. The summed E-state index contributed by atoms with van der Waals surface area (Å²) in [7, 11) is 0. The van der Waals surface area contributed by atoms with Gasteiger partial charge in [-0.2, -0.15) is 4.98 Å². The van der Waals surface area contributed by atoms with Crippen LogP contribution in [-0.2, 0) is 0 Å². The highest BCUT2D eigenvalue weighted by atomic mass is 16.3. The maximum atomic E-state index is 9.20. The molecule has 2 aliphatic rings. The summed E-state index contributed by atoms with van der Waals surface area (Å²) in [4.78, 5) is 18.6. The van der Waals surface area contributed by atoms with E-state index in [1.165, 1.54) is 25.7 Å². The molecule has 0 aromatic carbocycles. The molecule has 4 heterocycles. The molecule has 0 unspecified atom stereocenters. The van der Waals surface area contributed by atoms with E-state index in [2.05, 4.69) is 54.9 Å². The van der Waals surface area contributed by atoms with Gasteiger partial charge in [0, 0.05) is 56.0 Å². The van der Waals surface area contributed by atoms with Gasteiger partial charge in [0.1, 0.15) is 11.5 Å². The van der Waals surface area contributed by atoms with Crippen LogP contribution in [0.15, 0.2) is 36.8 Å². The van der Waals surface area contributed by atoms with E-state index in [1.807, 2.05) is 18.5 Å². The summed E-state index contributed by atoms with van der Waals surface area (Å²) in [6.07, 6.45) is 11.0. The van der Waals surface area contributed by atoms with E-state index in [4.69, 9.17) is 4.98 Å². The molecule has 5 rings (SSSR count). The third-order valence-corrected chi connectivity index (χ3v) is 6.68. The molecule has 1 saturated carbocycles. The van der Waals surface area contributed by atoms with Crippen LogP contribution < -0.4 is 10.2 Å². The molecule has 1 atom stereocenters. The summed E-state index contributed by atoms with van der Waals surface area (Å²) in [5.74, 6) is 1.32. The average Bonchev–Trinajstić information content (AvgIpc) is 3.45. The molecule has 3 aromatic heterocycles. The van der Waals surface area contributed by atoms with Crippen LogP contribution in [0.1, 0.15) is 38.6 Å². The van der Waals surface area contributed by atoms with E-state index in [1.54, 1.807) is 0 Å². The Hall–Kier alpha value is -2.71. The zero-order valence-corrected chi connectivity index (χ0v) is 18.1. The Morgan fingerprint density at radius 1 is 1.10 bits per heavy atom. The summed E-state index contributed by atoms with van der Waals surface area (Å²) >= 11 is 0. The third-order valence-electron chi connectivity index (χ3n) is 6.68. The van der Waals surface area contributed by atoms with Crippen molar-refractivity contribution in [2.45, 2.75) is 44.7 Å². The summed E-state index contributed by atoms with van der Waals surface area (Å²) in [6, 6.07) is 7.16. The van der Waals surface area contributed by atoms with Crippen LogP contribution in [0, 0.1) is 0 Å². The SMILES string of the molecule is C[C@H]1CN(c2ccc(Nc3ncc4ccn(C5CCCC5)c4n3)nc2)CCN1CCO. The number of nitrogens with one attached hydrogen (secondary N) is 1. The largest absolute Gasteiger partial charge is 0.395 e. The Morgan fingerprint density at radius 2 is 1.97 bits per heavy atom. The van der Waals surface area contributed by atoms with Gasteiger partial charge in [-0.15, -0.1) is 0 Å². The Labute approximate surface area is 182 Å². The van der Waals surface area contributed by atoms with Crippen LogP contribution in [0.4, 0.5) is 17.5 Å². The van der Waals surface area contributed by atoms with Gasteiger partial charge in [-0.25, -0.2) is 9.97 Å². The van der Waals surface area contributed by atoms with Crippen molar-refractivity contribution in [3.05, 3.63) is 36.8 Å². The number of aliphatic hydroxyl groups is 1. The zero-order chi connectivity index (χ0) is 21.2. The van der Waals surface area contributed by atoms with Gasteiger partial charge in [0.05, 0.1) is 18.5 Å². The first-order chi connectivity index (χ1) is 15.2. The van der Waals surface area contributed by atoms with Gasteiger partial charge >= 0.3 is 0 Å². The van der Waals surface area contributed by atoms with Crippen LogP contribution in [0.2, 0.25) is 0 Å². The second-order valence-corrected chi connectivity index (χ2v) is 8.72. The fraction of sp³-hybridized carbons (Fsp3) is 0.522. The van der Waals surface area contributed by atoms with Gasteiger partial charge in [0.15, 0.2) is 0 Å². The topological polar surface area (TPSA) is 82.3 Å². The molecule has 0 radical (unpaired) electrons. The molecule has 1 aliphatic carbocycles. The van der Waals surface area contributed by atoms with E-state index in [9.17, 15) is 5.11 Å². The van der Waals surface area contributed by atoms with Crippen molar-refractivity contribution >= 4 is 28.5 Å². The van der Waals surface area contributed by atoms with Gasteiger partial charge in [0.25, 0.3) is 0 Å². The summed E-state index contributed by atoms with van der Waals surface area (Å²) < 4.78 is 2.31. The molecule has 1 aliphatic heterocycles. The summed E-state index contributed by atoms with van der Waals surface area (Å²) in [5, 5.41) is 13.5. The molecule has 8 nitrogen and oxygen atoms in total. The van der Waals surface area contributed by atoms with Gasteiger partial charge in [0.2, 0.25) is 5.95 Å². The summed E-state index contributed by atoms with van der Waals surface area (Å²) in [5.41, 5.74) is 2.11. The molecule has 2 N–H and O–H groups in total. The molecule has 3 aromatic rings. The predicted octanol–water partition coefficient (Wildman–Crippen LogP) is 3.19. The lowest BCUT2D eigenvalue weighted by atomic mass is 10.2. The lowest BCUT2D eigenvalue weighted by Crippen LogP contribution is -2.52. The fourth-order valence-corrected chi connectivity index (χ4v) is 4.93. The number of rotatable bonds is 6. The van der Waals surface area contributed by atoms with Crippen LogP contribution in [0.25, 0.3) is 11.0 Å². The fourth-order valence-electron chi connectivity index (χ4n) is 4.93. The van der Waals surface area contributed by atoms with Crippen LogP contribution in [0.3, 0.4) is 0 Å². The number of nitrogens with zero attached hydrogens (tertiary/aromatic N) is 6. The minimum Gasteiger partial charge on any atom is -0.395 e. The number of pyridine rings is 1. The molecule has 2 fully saturated rings. The Balaban J connectivity index is 1.27. The second kappa shape index (κ2) is 8.80. The highest BCUT2D eigenvalue weighted by molar-refractivity contribution is 5.77. The minimum absolute atomic E-state index is 0.214. The standard InChI is InChI=1S/C23H31N7O/c1-17-16-29(11-10-28(17)12-13-31)20-6-7-21(24-15-20)26-23-25-14-18-8-9-30(22(18)27-23)19-4-2-3-5-19/h6-9,14-15,17,19,31H,2-5,10-13,16H2,1H3,(H,24,25,26,27)/t17-/m0/s1. The molecule has 0 bridgehead atoms. The quantitative estimate of drug-likeness (QED) is 0.632. The number of hydrogen-bond donors (Lipinski definition) is 2. The van der Waals surface area contributed by atoms with E-state index in [0.29, 0.717) is 18.0 Å². The maximum absolute atomic E-state index is 9.20. The molecular formula is C23H31N7O. The predicted molar refractivity (Wildman–Crippen MR) is 123 cm³/mol. The molecule has 8 heteroatoms. The lowest BCUT2D eigenvalue weighted by molar-refractivity contribution is 0.146. The van der Waals surface area contributed by atoms with Crippen molar-refractivity contribution in [1.82, 2.24) is 24.4 Å². The second-order valence-electron chi connectivity index (χ2n) is 8.72. The number of fused-ring (bicyclic) bond motifs is 1. The Bertz CT molecular complexity index is 1010. The molecular weight excluding hydrogens is 390 g/mol. The molecule has 31 heavy (non-hydrogen) atoms. The zero-order valence-electron chi connectivity index (χ0n) is 18.1. The van der Waals surface area contributed by atoms with E-state index in [-0.39, 0.29) is 6.61 Å². The number of anilines is 3. The third kappa shape index (κ3) is 4.22. The Morgan fingerprint density at radius 3 is 2.71 bits per heavy atom. The van der Waals surface area contributed by atoms with Crippen LogP contribution >= 0.6 is 0 Å². The van der Waals surface area contributed by atoms with E-state index in [0.717, 1.165) is 48.7 Å². The molecule has 1 saturated heterocycles. The molecule has 164 valence electrons. The van der Waals surface area contributed by atoms with Gasteiger partial charge in [-0.1, -0.05) is 12.8 Å². The first-order valence-corrected chi connectivity index (χ1v) is 11.4. The number of aliphatic hydroxyl groups excluding tert-OH is 1. The highest BCUT2D eigenvalue weighted by Gasteiger charge is 2.23. The molecule has 0 spiro atoms. The lowest BCUT2D eigenvalue weighted by Gasteiger charge is -2.40.